The van der Waals surface area contributed by atoms with E-state index in [2.05, 4.69) is 17.1 Å². The molecule has 2 bridgehead atoms. The molecule has 4 atom stereocenters. The molecule has 3 aliphatic rings. The summed E-state index contributed by atoms with van der Waals surface area (Å²) in [6.45, 7) is 6.35. The maximum absolute atomic E-state index is 12.7. The van der Waals surface area contributed by atoms with Gasteiger partial charge in [0.15, 0.2) is 6.10 Å². The van der Waals surface area contributed by atoms with Crippen LogP contribution in [0.15, 0.2) is 30.4 Å². The average Bonchev–Trinajstić information content (AvgIpc) is 3.27. The minimum absolute atomic E-state index is 0.0172. The van der Waals surface area contributed by atoms with E-state index in [1.165, 1.54) is 19.4 Å². The summed E-state index contributed by atoms with van der Waals surface area (Å²) >= 11 is 12.1. The fourth-order valence-electron chi connectivity index (χ4n) is 4.66. The van der Waals surface area contributed by atoms with Gasteiger partial charge < -0.3 is 9.64 Å². The fraction of sp³-hybridized carbons (Fsp3) is 0.571. The molecule has 1 saturated carbocycles. The average molecular weight is 409 g/mol. The lowest BCUT2D eigenvalue weighted by atomic mass is 9.93. The van der Waals surface area contributed by atoms with Crippen LogP contribution in [0.4, 0.5) is 0 Å². The van der Waals surface area contributed by atoms with Gasteiger partial charge >= 0.3 is 0 Å². The summed E-state index contributed by atoms with van der Waals surface area (Å²) in [6.07, 6.45) is 6.94. The van der Waals surface area contributed by atoms with Crippen molar-refractivity contribution >= 4 is 29.1 Å². The first kappa shape index (κ1) is 19.1. The number of nitrogens with zero attached hydrogens (tertiary/aromatic N) is 2. The lowest BCUT2D eigenvalue weighted by Crippen LogP contribution is -2.52. The van der Waals surface area contributed by atoms with Gasteiger partial charge in [-0.2, -0.15) is 0 Å². The van der Waals surface area contributed by atoms with Gasteiger partial charge in [0.1, 0.15) is 5.75 Å². The Morgan fingerprint density at radius 2 is 1.96 bits per heavy atom. The van der Waals surface area contributed by atoms with Gasteiger partial charge in [0, 0.05) is 37.7 Å². The van der Waals surface area contributed by atoms with E-state index in [1.807, 2.05) is 4.90 Å². The number of halogens is 2. The van der Waals surface area contributed by atoms with Crippen molar-refractivity contribution in [3.8, 4) is 5.75 Å². The molecule has 1 saturated heterocycles. The number of amides is 1. The number of benzene rings is 1. The van der Waals surface area contributed by atoms with Crippen LogP contribution in [-0.4, -0.2) is 54.5 Å². The number of piperazine rings is 1. The Balaban J connectivity index is 1.26. The van der Waals surface area contributed by atoms with E-state index < -0.39 is 6.10 Å². The molecule has 1 aromatic carbocycles. The zero-order chi connectivity index (χ0) is 19.0. The minimum atomic E-state index is -0.564. The van der Waals surface area contributed by atoms with Crippen molar-refractivity contribution in [1.82, 2.24) is 9.80 Å². The zero-order valence-corrected chi connectivity index (χ0v) is 17.1. The highest BCUT2D eigenvalue weighted by Gasteiger charge is 2.37. The second-order valence-electron chi connectivity index (χ2n) is 8.00. The van der Waals surface area contributed by atoms with Gasteiger partial charge in [-0.05, 0) is 55.7 Å². The second-order valence-corrected chi connectivity index (χ2v) is 8.84. The van der Waals surface area contributed by atoms with E-state index >= 15 is 0 Å². The van der Waals surface area contributed by atoms with Crippen LogP contribution in [0.3, 0.4) is 0 Å². The van der Waals surface area contributed by atoms with Crippen LogP contribution >= 0.6 is 23.2 Å². The third kappa shape index (κ3) is 4.28. The van der Waals surface area contributed by atoms with Gasteiger partial charge in [-0.15, -0.1) is 0 Å². The largest absolute Gasteiger partial charge is 0.479 e. The smallest absolute Gasteiger partial charge is 0.263 e. The number of hydrogen-bond donors (Lipinski definition) is 0. The number of allylic oxidation sites excluding steroid dienone is 2. The summed E-state index contributed by atoms with van der Waals surface area (Å²) in [5.74, 6) is 2.91. The third-order valence-electron chi connectivity index (χ3n) is 6.14. The molecule has 2 fully saturated rings. The SMILES string of the molecule is CC(Oc1ccc(Cl)cc1Cl)C(=O)N1CCN(CC2CC3C=CC2C3)CC1. The molecule has 2 aliphatic carbocycles. The fourth-order valence-corrected chi connectivity index (χ4v) is 5.11. The Labute approximate surface area is 171 Å². The Morgan fingerprint density at radius 3 is 2.59 bits per heavy atom. The van der Waals surface area contributed by atoms with Crippen molar-refractivity contribution in [2.45, 2.75) is 25.9 Å². The number of hydrogen-bond acceptors (Lipinski definition) is 3. The predicted octanol–water partition coefficient (Wildman–Crippen LogP) is 4.12. The second kappa shape index (κ2) is 8.02. The van der Waals surface area contributed by atoms with Crippen molar-refractivity contribution in [3.63, 3.8) is 0 Å². The molecule has 1 aliphatic heterocycles. The van der Waals surface area contributed by atoms with Gasteiger partial charge in [0.25, 0.3) is 5.91 Å². The van der Waals surface area contributed by atoms with E-state index in [0.717, 1.165) is 43.9 Å². The summed E-state index contributed by atoms with van der Waals surface area (Å²) in [6, 6.07) is 5.04. The topological polar surface area (TPSA) is 32.8 Å². The molecular formula is C21H26Cl2N2O2. The highest BCUT2D eigenvalue weighted by Crippen LogP contribution is 2.43. The van der Waals surface area contributed by atoms with Gasteiger partial charge in [0.2, 0.25) is 0 Å². The summed E-state index contributed by atoms with van der Waals surface area (Å²) in [5.41, 5.74) is 0. The number of rotatable bonds is 5. The Hall–Kier alpha value is -1.23. The van der Waals surface area contributed by atoms with Crippen LogP contribution in [0.1, 0.15) is 19.8 Å². The Kier molecular flexibility index (Phi) is 5.68. The highest BCUT2D eigenvalue weighted by atomic mass is 35.5. The molecule has 4 unspecified atom stereocenters. The highest BCUT2D eigenvalue weighted by molar-refractivity contribution is 6.35. The third-order valence-corrected chi connectivity index (χ3v) is 6.67. The van der Waals surface area contributed by atoms with E-state index in [1.54, 1.807) is 25.1 Å². The van der Waals surface area contributed by atoms with Gasteiger partial charge in [-0.3, -0.25) is 9.69 Å². The Bertz CT molecular complexity index is 731. The molecule has 1 heterocycles. The molecule has 0 aromatic heterocycles. The number of ether oxygens (including phenoxy) is 1. The molecule has 1 aromatic rings. The van der Waals surface area contributed by atoms with Crippen LogP contribution in [0, 0.1) is 17.8 Å². The minimum Gasteiger partial charge on any atom is -0.479 e. The summed E-state index contributed by atoms with van der Waals surface area (Å²) in [7, 11) is 0. The monoisotopic (exact) mass is 408 g/mol. The Morgan fingerprint density at radius 1 is 1.19 bits per heavy atom. The standard InChI is InChI=1S/C21H26Cl2N2O2/c1-14(27-20-5-4-18(22)12-19(20)23)21(26)25-8-6-24(7-9-25)13-17-11-15-2-3-16(17)10-15/h2-5,12,14-17H,6-11,13H2,1H3. The van der Waals surface area contributed by atoms with Crippen LogP contribution in [0.25, 0.3) is 0 Å². The molecular weight excluding hydrogens is 383 g/mol. The van der Waals surface area contributed by atoms with E-state index in [9.17, 15) is 4.79 Å². The summed E-state index contributed by atoms with van der Waals surface area (Å²) in [5, 5.41) is 0.973. The van der Waals surface area contributed by atoms with Crippen molar-refractivity contribution < 1.29 is 9.53 Å². The van der Waals surface area contributed by atoms with Crippen LogP contribution in [0.5, 0.6) is 5.75 Å². The van der Waals surface area contributed by atoms with E-state index in [4.69, 9.17) is 27.9 Å². The molecule has 4 nitrogen and oxygen atoms in total. The summed E-state index contributed by atoms with van der Waals surface area (Å²) in [4.78, 5) is 17.2. The van der Waals surface area contributed by atoms with Crippen molar-refractivity contribution in [2.75, 3.05) is 32.7 Å². The maximum Gasteiger partial charge on any atom is 0.263 e. The molecule has 146 valence electrons. The van der Waals surface area contributed by atoms with Gasteiger partial charge in [-0.1, -0.05) is 35.4 Å². The molecule has 4 rings (SSSR count). The lowest BCUT2D eigenvalue weighted by Gasteiger charge is -2.37. The van der Waals surface area contributed by atoms with Crippen molar-refractivity contribution in [1.29, 1.82) is 0 Å². The zero-order valence-electron chi connectivity index (χ0n) is 15.6. The van der Waals surface area contributed by atoms with Crippen molar-refractivity contribution in [3.05, 3.63) is 40.4 Å². The van der Waals surface area contributed by atoms with E-state index in [0.29, 0.717) is 15.8 Å². The molecule has 0 N–H and O–H groups in total. The van der Waals surface area contributed by atoms with Gasteiger partial charge in [-0.25, -0.2) is 0 Å². The first-order valence-electron chi connectivity index (χ1n) is 9.81. The van der Waals surface area contributed by atoms with Crippen LogP contribution < -0.4 is 4.74 Å². The first-order chi connectivity index (χ1) is 13.0. The normalized spacial score (nSPS) is 28.6. The molecule has 0 radical (unpaired) electrons. The van der Waals surface area contributed by atoms with Gasteiger partial charge in [0.05, 0.1) is 5.02 Å². The number of carbonyl (C=O) groups excluding carboxylic acids is 1. The number of fused-ring (bicyclic) bond motifs is 2. The predicted molar refractivity (Wildman–Crippen MR) is 108 cm³/mol. The van der Waals surface area contributed by atoms with Crippen molar-refractivity contribution in [2.24, 2.45) is 17.8 Å². The first-order valence-corrected chi connectivity index (χ1v) is 10.6. The van der Waals surface area contributed by atoms with Crippen LogP contribution in [-0.2, 0) is 4.79 Å². The molecule has 1 amide bonds. The maximum atomic E-state index is 12.7. The quantitative estimate of drug-likeness (QED) is 0.686. The van der Waals surface area contributed by atoms with Crippen LogP contribution in [0.2, 0.25) is 10.0 Å². The molecule has 27 heavy (non-hydrogen) atoms. The van der Waals surface area contributed by atoms with E-state index in [-0.39, 0.29) is 5.91 Å². The molecule has 6 heteroatoms. The number of carbonyl (C=O) groups is 1. The molecule has 0 spiro atoms. The lowest BCUT2D eigenvalue weighted by molar-refractivity contribution is -0.139. The summed E-state index contributed by atoms with van der Waals surface area (Å²) < 4.78 is 5.78.